The number of ether oxygens (including phenoxy) is 1. The van der Waals surface area contributed by atoms with Crippen molar-refractivity contribution in [3.05, 3.63) is 115 Å². The second kappa shape index (κ2) is 9.75. The number of fused-ring (bicyclic) bond motifs is 1. The summed E-state index contributed by atoms with van der Waals surface area (Å²) >= 11 is 0. The molecule has 2 aromatic heterocycles. The van der Waals surface area contributed by atoms with Crippen LogP contribution in [0.5, 0.6) is 11.5 Å². The minimum atomic E-state index is 0.218. The van der Waals surface area contributed by atoms with E-state index in [9.17, 15) is 0 Å². The van der Waals surface area contributed by atoms with Crippen molar-refractivity contribution in [2.24, 2.45) is 0 Å². The number of aromatic nitrogens is 4. The number of rotatable bonds is 6. The molecule has 0 saturated heterocycles. The largest absolute Gasteiger partial charge is 0.457 e. The summed E-state index contributed by atoms with van der Waals surface area (Å²) < 4.78 is 6.19. The fourth-order valence-electron chi connectivity index (χ4n) is 4.17. The van der Waals surface area contributed by atoms with Gasteiger partial charge in [-0.15, -0.1) is 10.2 Å². The number of nitrogens with two attached hydrogens (primary N) is 1. The van der Waals surface area contributed by atoms with E-state index in [1.165, 1.54) is 0 Å². The molecule has 0 saturated carbocycles. The Morgan fingerprint density at radius 3 is 2.22 bits per heavy atom. The Morgan fingerprint density at radius 1 is 0.676 bits per heavy atom. The van der Waals surface area contributed by atoms with Crippen LogP contribution in [0.15, 0.2) is 115 Å². The van der Waals surface area contributed by atoms with Gasteiger partial charge in [-0.1, -0.05) is 66.7 Å². The molecule has 0 spiro atoms. The Labute approximate surface area is 213 Å². The first-order chi connectivity index (χ1) is 18.2. The molecular weight excluding hydrogens is 460 g/mol. The molecule has 0 aliphatic heterocycles. The van der Waals surface area contributed by atoms with Crippen LogP contribution in [-0.2, 0) is 0 Å². The molecule has 0 fully saturated rings. The molecule has 0 aliphatic carbocycles. The average Bonchev–Trinajstić information content (AvgIpc) is 2.95. The molecule has 4 aromatic carbocycles. The topological polar surface area (TPSA) is 98.8 Å². The second-order valence-electron chi connectivity index (χ2n) is 8.36. The lowest BCUT2D eigenvalue weighted by atomic mass is 10.0. The molecule has 2 heterocycles. The summed E-state index contributed by atoms with van der Waals surface area (Å²) in [4.78, 5) is 8.29. The minimum Gasteiger partial charge on any atom is -0.457 e. The summed E-state index contributed by atoms with van der Waals surface area (Å²) in [6.45, 7) is 0. The van der Waals surface area contributed by atoms with Crippen LogP contribution in [0.1, 0.15) is 0 Å². The Hall–Kier alpha value is -5.30. The third kappa shape index (κ3) is 4.66. The zero-order chi connectivity index (χ0) is 25.0. The summed E-state index contributed by atoms with van der Waals surface area (Å²) in [6.07, 6.45) is 1.63. The van der Waals surface area contributed by atoms with E-state index in [2.05, 4.69) is 31.5 Å². The number of anilines is 3. The number of para-hydroxylation sites is 1. The third-order valence-electron chi connectivity index (χ3n) is 5.92. The molecule has 6 rings (SSSR count). The van der Waals surface area contributed by atoms with Crippen LogP contribution in [0.25, 0.3) is 33.3 Å². The first kappa shape index (κ1) is 22.2. The van der Waals surface area contributed by atoms with E-state index in [1.54, 1.807) is 12.3 Å². The quantitative estimate of drug-likeness (QED) is 0.267. The second-order valence-corrected chi connectivity index (χ2v) is 8.36. The highest BCUT2D eigenvalue weighted by molar-refractivity contribution is 6.00. The zero-order valence-electron chi connectivity index (χ0n) is 19.7. The lowest BCUT2D eigenvalue weighted by Gasteiger charge is -2.13. The van der Waals surface area contributed by atoms with Crippen LogP contribution in [0.3, 0.4) is 0 Å². The summed E-state index contributed by atoms with van der Waals surface area (Å²) in [6, 6.07) is 35.4. The first-order valence-electron chi connectivity index (χ1n) is 11.8. The van der Waals surface area contributed by atoms with Crippen LogP contribution in [-0.4, -0.2) is 20.2 Å². The van der Waals surface area contributed by atoms with Gasteiger partial charge >= 0.3 is 0 Å². The predicted molar refractivity (Wildman–Crippen MR) is 147 cm³/mol. The monoisotopic (exact) mass is 482 g/mol. The molecule has 37 heavy (non-hydrogen) atoms. The number of hydrogen-bond acceptors (Lipinski definition) is 7. The third-order valence-corrected chi connectivity index (χ3v) is 5.92. The van der Waals surface area contributed by atoms with Gasteiger partial charge in [0, 0.05) is 33.8 Å². The molecular formula is C30H22N6O. The van der Waals surface area contributed by atoms with Crippen molar-refractivity contribution in [3.63, 3.8) is 0 Å². The number of nitrogens with zero attached hydrogens (tertiary/aromatic N) is 4. The van der Waals surface area contributed by atoms with E-state index >= 15 is 0 Å². The SMILES string of the molecule is Nc1nccc(-c2ccccc2Oc2ccc(Nc3nnc(-c4ccccc4)c4ccccc34)cc2)n1. The van der Waals surface area contributed by atoms with Gasteiger partial charge in [0.1, 0.15) is 17.2 Å². The average molecular weight is 483 g/mol. The minimum absolute atomic E-state index is 0.218. The van der Waals surface area contributed by atoms with Crippen molar-refractivity contribution < 1.29 is 4.74 Å². The van der Waals surface area contributed by atoms with Crippen LogP contribution in [0.4, 0.5) is 17.5 Å². The number of benzene rings is 4. The Balaban J connectivity index is 1.26. The van der Waals surface area contributed by atoms with Gasteiger partial charge in [-0.05, 0) is 42.5 Å². The van der Waals surface area contributed by atoms with Gasteiger partial charge in [0.15, 0.2) is 5.82 Å². The maximum atomic E-state index is 6.19. The smallest absolute Gasteiger partial charge is 0.220 e. The van der Waals surface area contributed by atoms with Crippen LogP contribution in [0.2, 0.25) is 0 Å². The standard InChI is InChI=1S/C30H22N6O/c31-30-32-19-18-26(34-30)25-12-6-7-13-27(25)37-22-16-14-21(15-17-22)33-29-24-11-5-4-10-23(24)28(35-36-29)20-8-2-1-3-9-20/h1-19H,(H,33,36)(H2,31,32,34). The number of nitrogen functional groups attached to an aromatic ring is 1. The molecule has 7 nitrogen and oxygen atoms in total. The summed E-state index contributed by atoms with van der Waals surface area (Å²) in [5.41, 5.74) is 10.1. The summed E-state index contributed by atoms with van der Waals surface area (Å²) in [5.74, 6) is 2.27. The van der Waals surface area contributed by atoms with Gasteiger partial charge in [0.05, 0.1) is 5.69 Å². The van der Waals surface area contributed by atoms with Crippen molar-refractivity contribution in [2.75, 3.05) is 11.1 Å². The van der Waals surface area contributed by atoms with Crippen LogP contribution >= 0.6 is 0 Å². The van der Waals surface area contributed by atoms with Gasteiger partial charge < -0.3 is 15.8 Å². The fraction of sp³-hybridized carbons (Fsp3) is 0. The molecule has 3 N–H and O–H groups in total. The Kier molecular flexibility index (Phi) is 5.85. The van der Waals surface area contributed by atoms with Gasteiger partial charge in [-0.25, -0.2) is 9.97 Å². The van der Waals surface area contributed by atoms with Gasteiger partial charge in [0.2, 0.25) is 5.95 Å². The molecule has 7 heteroatoms. The van der Waals surface area contributed by atoms with E-state index < -0.39 is 0 Å². The molecule has 0 atom stereocenters. The molecule has 0 radical (unpaired) electrons. The maximum absolute atomic E-state index is 6.19. The first-order valence-corrected chi connectivity index (χ1v) is 11.8. The van der Waals surface area contributed by atoms with Crippen LogP contribution in [0, 0.1) is 0 Å². The molecule has 0 aliphatic rings. The molecule has 178 valence electrons. The Bertz CT molecular complexity index is 1690. The molecule has 0 bridgehead atoms. The lowest BCUT2D eigenvalue weighted by molar-refractivity contribution is 0.484. The van der Waals surface area contributed by atoms with Gasteiger partial charge in [-0.3, -0.25) is 0 Å². The molecule has 6 aromatic rings. The van der Waals surface area contributed by atoms with E-state index in [4.69, 9.17) is 10.5 Å². The highest BCUT2D eigenvalue weighted by atomic mass is 16.5. The molecule has 0 unspecified atom stereocenters. The predicted octanol–water partition coefficient (Wildman–Crippen LogP) is 6.87. The highest BCUT2D eigenvalue weighted by Crippen LogP contribution is 2.34. The van der Waals surface area contributed by atoms with Gasteiger partial charge in [-0.2, -0.15) is 0 Å². The van der Waals surface area contributed by atoms with Crippen LogP contribution < -0.4 is 15.8 Å². The van der Waals surface area contributed by atoms with Crippen molar-refractivity contribution >= 4 is 28.2 Å². The normalized spacial score (nSPS) is 10.8. The van der Waals surface area contributed by atoms with E-state index in [1.807, 2.05) is 97.1 Å². The van der Waals surface area contributed by atoms with E-state index in [0.717, 1.165) is 33.3 Å². The lowest BCUT2D eigenvalue weighted by Crippen LogP contribution is -1.99. The summed E-state index contributed by atoms with van der Waals surface area (Å²) in [7, 11) is 0. The van der Waals surface area contributed by atoms with Crippen molar-refractivity contribution in [1.29, 1.82) is 0 Å². The van der Waals surface area contributed by atoms with Crippen molar-refractivity contribution in [2.45, 2.75) is 0 Å². The maximum Gasteiger partial charge on any atom is 0.220 e. The summed E-state index contributed by atoms with van der Waals surface area (Å²) in [5, 5.41) is 14.5. The fourth-order valence-corrected chi connectivity index (χ4v) is 4.17. The Morgan fingerprint density at radius 2 is 1.41 bits per heavy atom. The zero-order valence-corrected chi connectivity index (χ0v) is 19.7. The van der Waals surface area contributed by atoms with E-state index in [-0.39, 0.29) is 5.95 Å². The van der Waals surface area contributed by atoms with Crippen molar-refractivity contribution in [3.8, 4) is 34.0 Å². The number of nitrogens with one attached hydrogen (secondary N) is 1. The number of hydrogen-bond donors (Lipinski definition) is 2. The van der Waals surface area contributed by atoms with Gasteiger partial charge in [0.25, 0.3) is 0 Å². The molecule has 0 amide bonds. The van der Waals surface area contributed by atoms with Crippen molar-refractivity contribution in [1.82, 2.24) is 20.2 Å². The highest BCUT2D eigenvalue weighted by Gasteiger charge is 2.12. The van der Waals surface area contributed by atoms with E-state index in [0.29, 0.717) is 23.0 Å².